The molecule has 0 radical (unpaired) electrons. The van der Waals surface area contributed by atoms with Gasteiger partial charge in [0.2, 0.25) is 0 Å². The highest BCUT2D eigenvalue weighted by Crippen LogP contribution is 2.51. The summed E-state index contributed by atoms with van der Waals surface area (Å²) in [5.74, 6) is 0. The van der Waals surface area contributed by atoms with E-state index in [0.29, 0.717) is 0 Å². The fraction of sp³-hybridized carbons (Fsp3) is 0.114. The maximum atomic E-state index is 2.58. The van der Waals surface area contributed by atoms with E-state index in [0.717, 1.165) is 56.0 Å². The molecule has 12 rings (SSSR count). The molecule has 0 atom stereocenters. The summed E-state index contributed by atoms with van der Waals surface area (Å²) < 4.78 is 2.47. The maximum Gasteiger partial charge on any atom is 0.0782 e. The summed E-state index contributed by atoms with van der Waals surface area (Å²) in [6, 6.07) is 90.1. The summed E-state index contributed by atoms with van der Waals surface area (Å²) in [7, 11) is 0. The van der Waals surface area contributed by atoms with Gasteiger partial charge < -0.3 is 9.47 Å². The molecule has 72 heavy (non-hydrogen) atoms. The molecule has 11 aromatic carbocycles. The van der Waals surface area contributed by atoms with Crippen LogP contribution in [0.4, 0.5) is 17.1 Å². The normalized spacial score (nSPS) is 12.0. The molecular formula is C70H58N2. The van der Waals surface area contributed by atoms with Crippen LogP contribution in [-0.2, 0) is 10.8 Å². The van der Waals surface area contributed by atoms with E-state index in [2.05, 4.69) is 294 Å². The van der Waals surface area contributed by atoms with Crippen molar-refractivity contribution in [3.8, 4) is 50.2 Å². The molecule has 0 unspecified atom stereocenters. The van der Waals surface area contributed by atoms with Gasteiger partial charge in [-0.15, -0.1) is 0 Å². The van der Waals surface area contributed by atoms with Crippen molar-refractivity contribution < 1.29 is 0 Å². The van der Waals surface area contributed by atoms with Crippen LogP contribution in [0.1, 0.15) is 52.7 Å². The van der Waals surface area contributed by atoms with Gasteiger partial charge in [-0.2, -0.15) is 0 Å². The average molecular weight is 927 g/mol. The van der Waals surface area contributed by atoms with E-state index in [1.165, 1.54) is 65.7 Å². The van der Waals surface area contributed by atoms with Crippen molar-refractivity contribution >= 4 is 60.4 Å². The van der Waals surface area contributed by atoms with Gasteiger partial charge in [0.25, 0.3) is 0 Å². The highest BCUT2D eigenvalue weighted by molar-refractivity contribution is 6.16. The van der Waals surface area contributed by atoms with Crippen LogP contribution in [0.15, 0.2) is 243 Å². The van der Waals surface area contributed by atoms with Crippen LogP contribution in [0.25, 0.3) is 93.5 Å². The monoisotopic (exact) mass is 926 g/mol. The van der Waals surface area contributed by atoms with Gasteiger partial charge in [0, 0.05) is 27.6 Å². The van der Waals surface area contributed by atoms with Gasteiger partial charge in [0.1, 0.15) is 0 Å². The van der Waals surface area contributed by atoms with Crippen molar-refractivity contribution in [2.75, 3.05) is 4.90 Å². The molecule has 0 amide bonds. The lowest BCUT2D eigenvalue weighted by Gasteiger charge is -2.32. The second-order valence-corrected chi connectivity index (χ2v) is 21.3. The van der Waals surface area contributed by atoms with E-state index in [1.54, 1.807) is 0 Å². The Morgan fingerprint density at radius 2 is 0.861 bits per heavy atom. The molecule has 0 spiro atoms. The SMILES string of the molecule is CC(C)(C)c1cc(-c2cccc3cccc(-c4ccccc4N(c4cc(-c5cccc6ccccc56)ccc4-c4ccccc4)c4cccc5c6ccccc6n(-c6ccccc6)c45)c23)cc(C(C)(C)C)c1. The minimum Gasteiger partial charge on any atom is -0.307 e. The maximum absolute atomic E-state index is 2.58. The zero-order valence-corrected chi connectivity index (χ0v) is 42.0. The number of nitrogens with zero attached hydrogens (tertiary/aromatic N) is 2. The van der Waals surface area contributed by atoms with Crippen molar-refractivity contribution in [2.45, 2.75) is 52.4 Å². The molecule has 0 bridgehead atoms. The van der Waals surface area contributed by atoms with Gasteiger partial charge in [-0.05, 0) is 113 Å². The minimum atomic E-state index is -0.0310. The van der Waals surface area contributed by atoms with Gasteiger partial charge in [-0.1, -0.05) is 248 Å². The highest BCUT2D eigenvalue weighted by atomic mass is 15.2. The quantitative estimate of drug-likeness (QED) is 0.147. The first-order valence-corrected chi connectivity index (χ1v) is 25.3. The number of rotatable bonds is 8. The van der Waals surface area contributed by atoms with Crippen LogP contribution in [0, 0.1) is 0 Å². The van der Waals surface area contributed by atoms with Crippen LogP contribution in [0.2, 0.25) is 0 Å². The van der Waals surface area contributed by atoms with E-state index in [9.17, 15) is 0 Å². The summed E-state index contributed by atoms with van der Waals surface area (Å²) in [5.41, 5.74) is 18.7. The van der Waals surface area contributed by atoms with Crippen LogP contribution in [0.5, 0.6) is 0 Å². The molecule has 0 fully saturated rings. The summed E-state index contributed by atoms with van der Waals surface area (Å²) in [5, 5.41) is 7.30. The Kier molecular flexibility index (Phi) is 11.0. The van der Waals surface area contributed by atoms with Gasteiger partial charge >= 0.3 is 0 Å². The van der Waals surface area contributed by atoms with E-state index < -0.39 is 0 Å². The third-order valence-electron chi connectivity index (χ3n) is 14.7. The predicted molar refractivity (Wildman–Crippen MR) is 310 cm³/mol. The lowest BCUT2D eigenvalue weighted by molar-refractivity contribution is 0.569. The standard InChI is InChI=1S/C70H58N2/c1-69(2,3)52-43-51(44-53(46-52)70(4,5)6)58-35-20-27-49-28-21-36-61(67(49)58)59-32-15-18-39-64(59)72(65-40-22-37-62-60-33-16-17-38-63(60)71(68(62)65)54-29-11-8-12-30-54)66-45-50(41-42-57(66)48-23-9-7-10-24-48)56-34-19-26-47-25-13-14-31-55(47)56/h7-46H,1-6H3. The largest absolute Gasteiger partial charge is 0.307 e. The smallest absolute Gasteiger partial charge is 0.0782 e. The Morgan fingerprint density at radius 3 is 1.60 bits per heavy atom. The number of aromatic nitrogens is 1. The van der Waals surface area contributed by atoms with E-state index >= 15 is 0 Å². The zero-order valence-electron chi connectivity index (χ0n) is 42.0. The summed E-state index contributed by atoms with van der Waals surface area (Å²) in [4.78, 5) is 2.58. The van der Waals surface area contributed by atoms with E-state index in [4.69, 9.17) is 0 Å². The van der Waals surface area contributed by atoms with Crippen molar-refractivity contribution in [2.24, 2.45) is 0 Å². The number of para-hydroxylation sites is 4. The Balaban J connectivity index is 1.21. The van der Waals surface area contributed by atoms with Crippen molar-refractivity contribution in [3.63, 3.8) is 0 Å². The third-order valence-corrected chi connectivity index (χ3v) is 14.7. The Bertz CT molecular complexity index is 3950. The molecule has 2 nitrogen and oxygen atoms in total. The summed E-state index contributed by atoms with van der Waals surface area (Å²) in [6.07, 6.45) is 0. The van der Waals surface area contributed by atoms with Crippen LogP contribution in [0.3, 0.4) is 0 Å². The predicted octanol–water partition coefficient (Wildman–Crippen LogP) is 19.8. The molecule has 1 aromatic heterocycles. The first-order valence-electron chi connectivity index (χ1n) is 25.3. The highest BCUT2D eigenvalue weighted by Gasteiger charge is 2.28. The van der Waals surface area contributed by atoms with E-state index in [1.807, 2.05) is 0 Å². The number of fused-ring (bicyclic) bond motifs is 5. The second-order valence-electron chi connectivity index (χ2n) is 21.3. The topological polar surface area (TPSA) is 8.17 Å². The number of anilines is 3. The van der Waals surface area contributed by atoms with Gasteiger partial charge in [0.05, 0.1) is 28.1 Å². The number of hydrogen-bond donors (Lipinski definition) is 0. The number of hydrogen-bond acceptors (Lipinski definition) is 1. The molecule has 348 valence electrons. The van der Waals surface area contributed by atoms with Crippen molar-refractivity contribution in [1.82, 2.24) is 4.57 Å². The van der Waals surface area contributed by atoms with Gasteiger partial charge in [-0.3, -0.25) is 0 Å². The molecule has 0 saturated heterocycles. The first kappa shape index (κ1) is 44.7. The molecule has 2 heteroatoms. The van der Waals surface area contributed by atoms with Crippen molar-refractivity contribution in [1.29, 1.82) is 0 Å². The first-order chi connectivity index (χ1) is 35.0. The number of benzene rings is 11. The molecule has 0 aliphatic carbocycles. The Morgan fingerprint density at radius 1 is 0.319 bits per heavy atom. The molecule has 0 saturated carbocycles. The van der Waals surface area contributed by atoms with Gasteiger partial charge in [0.15, 0.2) is 0 Å². The second kappa shape index (κ2) is 17.7. The van der Waals surface area contributed by atoms with E-state index in [-0.39, 0.29) is 10.8 Å². The molecule has 0 aliphatic heterocycles. The van der Waals surface area contributed by atoms with Crippen LogP contribution < -0.4 is 4.90 Å². The fourth-order valence-corrected chi connectivity index (χ4v) is 11.0. The lowest BCUT2D eigenvalue weighted by Crippen LogP contribution is -2.16. The average Bonchev–Trinajstić information content (AvgIpc) is 3.75. The molecule has 0 N–H and O–H groups in total. The molecule has 1 heterocycles. The lowest BCUT2D eigenvalue weighted by atomic mass is 9.78. The Labute approximate surface area is 424 Å². The summed E-state index contributed by atoms with van der Waals surface area (Å²) in [6.45, 7) is 14.0. The summed E-state index contributed by atoms with van der Waals surface area (Å²) >= 11 is 0. The minimum absolute atomic E-state index is 0.0310. The molecule has 0 aliphatic rings. The Hall–Kier alpha value is -8.46. The molecule has 12 aromatic rings. The third kappa shape index (κ3) is 7.85. The molecular weight excluding hydrogens is 869 g/mol. The van der Waals surface area contributed by atoms with Gasteiger partial charge in [-0.25, -0.2) is 0 Å². The van der Waals surface area contributed by atoms with Crippen LogP contribution in [-0.4, -0.2) is 4.57 Å². The van der Waals surface area contributed by atoms with Crippen molar-refractivity contribution in [3.05, 3.63) is 254 Å². The van der Waals surface area contributed by atoms with Crippen LogP contribution >= 0.6 is 0 Å². The zero-order chi connectivity index (χ0) is 49.1. The fourth-order valence-electron chi connectivity index (χ4n) is 11.0.